The van der Waals surface area contributed by atoms with Crippen molar-refractivity contribution in [3.8, 4) is 5.88 Å². The number of nitrogens with zero attached hydrogens (tertiary/aromatic N) is 3. The fourth-order valence-electron chi connectivity index (χ4n) is 2.24. The number of hydrogen-bond acceptors (Lipinski definition) is 5. The van der Waals surface area contributed by atoms with E-state index < -0.39 is 0 Å². The van der Waals surface area contributed by atoms with Crippen molar-refractivity contribution in [3.05, 3.63) is 41.0 Å². The molecule has 1 saturated heterocycles. The number of hydrogen-bond donors (Lipinski definition) is 0. The molecule has 6 heteroatoms. The van der Waals surface area contributed by atoms with Crippen LogP contribution in [0.3, 0.4) is 0 Å². The highest BCUT2D eigenvalue weighted by Gasteiger charge is 2.27. The Hall–Kier alpha value is -1.95. The van der Waals surface area contributed by atoms with Crippen LogP contribution in [0.2, 0.25) is 0 Å². The molecule has 3 rings (SSSR count). The minimum absolute atomic E-state index is 0.0129. The number of rotatable bonds is 4. The van der Waals surface area contributed by atoms with Gasteiger partial charge in [0, 0.05) is 30.2 Å². The number of thiophene rings is 1. The van der Waals surface area contributed by atoms with Crippen molar-refractivity contribution in [3.63, 3.8) is 0 Å². The average Bonchev–Trinajstić information content (AvgIpc) is 3.11. The molecule has 0 saturated carbocycles. The summed E-state index contributed by atoms with van der Waals surface area (Å²) in [5, 5.41) is 1.99. The van der Waals surface area contributed by atoms with Gasteiger partial charge in [0.05, 0.1) is 19.2 Å². The van der Waals surface area contributed by atoms with Crippen LogP contribution in [0.25, 0.3) is 0 Å². The van der Waals surface area contributed by atoms with E-state index in [1.165, 1.54) is 0 Å². The zero-order valence-electron chi connectivity index (χ0n) is 10.9. The van der Waals surface area contributed by atoms with Crippen molar-refractivity contribution in [2.24, 2.45) is 0 Å². The first-order valence-electron chi connectivity index (χ1n) is 6.54. The molecule has 0 N–H and O–H groups in total. The van der Waals surface area contributed by atoms with Gasteiger partial charge in [0.25, 0.3) is 0 Å². The second-order valence-electron chi connectivity index (χ2n) is 4.67. The molecule has 0 aromatic carbocycles. The first-order chi connectivity index (χ1) is 9.81. The molecular weight excluding hydrogens is 274 g/mol. The van der Waals surface area contributed by atoms with Crippen molar-refractivity contribution in [2.45, 2.75) is 18.9 Å². The van der Waals surface area contributed by atoms with Crippen molar-refractivity contribution in [1.82, 2.24) is 14.9 Å². The van der Waals surface area contributed by atoms with Crippen LogP contribution in [0.15, 0.2) is 36.1 Å². The van der Waals surface area contributed by atoms with Crippen LogP contribution in [0.5, 0.6) is 5.88 Å². The number of carbonyl (C=O) groups excluding carboxylic acids is 1. The number of likely N-dealkylation sites (tertiary alicyclic amines) is 1. The summed E-state index contributed by atoms with van der Waals surface area (Å²) in [5.74, 6) is 0.683. The predicted octanol–water partition coefficient (Wildman–Crippen LogP) is 1.76. The lowest BCUT2D eigenvalue weighted by Gasteiger charge is -2.16. The van der Waals surface area contributed by atoms with E-state index in [4.69, 9.17) is 4.74 Å². The Morgan fingerprint density at radius 3 is 3.20 bits per heavy atom. The van der Waals surface area contributed by atoms with Gasteiger partial charge in [0.1, 0.15) is 6.10 Å². The number of ether oxygens (including phenoxy) is 1. The molecule has 3 heterocycles. The van der Waals surface area contributed by atoms with Gasteiger partial charge in [-0.15, -0.1) is 11.3 Å². The Balaban J connectivity index is 1.53. The van der Waals surface area contributed by atoms with Crippen LogP contribution in [-0.4, -0.2) is 40.0 Å². The largest absolute Gasteiger partial charge is 0.471 e. The molecule has 0 unspecified atom stereocenters. The van der Waals surface area contributed by atoms with E-state index in [2.05, 4.69) is 9.97 Å². The van der Waals surface area contributed by atoms with Gasteiger partial charge in [-0.25, -0.2) is 4.98 Å². The number of aromatic nitrogens is 2. The predicted molar refractivity (Wildman–Crippen MR) is 75.7 cm³/mol. The monoisotopic (exact) mass is 289 g/mol. The first kappa shape index (κ1) is 13.1. The van der Waals surface area contributed by atoms with Gasteiger partial charge in [-0.1, -0.05) is 6.07 Å². The van der Waals surface area contributed by atoms with Crippen LogP contribution >= 0.6 is 11.3 Å². The fraction of sp³-hybridized carbons (Fsp3) is 0.357. The first-order valence-corrected chi connectivity index (χ1v) is 7.42. The molecule has 2 aromatic rings. The van der Waals surface area contributed by atoms with Crippen LogP contribution in [-0.2, 0) is 11.2 Å². The van der Waals surface area contributed by atoms with Gasteiger partial charge in [-0.3, -0.25) is 9.78 Å². The zero-order valence-corrected chi connectivity index (χ0v) is 11.8. The molecule has 0 bridgehead atoms. The molecule has 1 amide bonds. The van der Waals surface area contributed by atoms with E-state index in [1.807, 2.05) is 22.4 Å². The Morgan fingerprint density at radius 2 is 2.45 bits per heavy atom. The van der Waals surface area contributed by atoms with E-state index in [0.717, 1.165) is 17.8 Å². The maximum atomic E-state index is 12.2. The molecule has 0 spiro atoms. The van der Waals surface area contributed by atoms with Gasteiger partial charge in [-0.2, -0.15) is 0 Å². The summed E-state index contributed by atoms with van der Waals surface area (Å²) >= 11 is 1.62. The third-order valence-corrected chi connectivity index (χ3v) is 4.11. The summed E-state index contributed by atoms with van der Waals surface area (Å²) in [7, 11) is 0. The molecule has 1 aliphatic heterocycles. The lowest BCUT2D eigenvalue weighted by Crippen LogP contribution is -2.32. The third-order valence-electron chi connectivity index (χ3n) is 3.23. The van der Waals surface area contributed by atoms with Crippen molar-refractivity contribution in [1.29, 1.82) is 0 Å². The summed E-state index contributed by atoms with van der Waals surface area (Å²) in [4.78, 5) is 23.2. The summed E-state index contributed by atoms with van der Waals surface area (Å²) in [6, 6.07) is 3.96. The molecule has 1 atom stereocenters. The topological polar surface area (TPSA) is 55.3 Å². The third kappa shape index (κ3) is 3.14. The smallest absolute Gasteiger partial charge is 0.232 e. The van der Waals surface area contributed by atoms with Crippen LogP contribution in [0, 0.1) is 0 Å². The molecule has 2 aromatic heterocycles. The van der Waals surface area contributed by atoms with Crippen LogP contribution in [0.4, 0.5) is 0 Å². The summed E-state index contributed by atoms with van der Waals surface area (Å²) < 4.78 is 5.73. The standard InChI is InChI=1S/C14H15N3O2S/c18-14(8-12-2-1-7-20-12)17-6-3-11(10-17)19-13-9-15-4-5-16-13/h1-2,4-5,7,9,11H,3,6,8,10H2/t11-/m1/s1. The van der Waals surface area contributed by atoms with Crippen molar-refractivity contribution in [2.75, 3.05) is 13.1 Å². The van der Waals surface area contributed by atoms with Crippen molar-refractivity contribution < 1.29 is 9.53 Å². The molecular formula is C14H15N3O2S. The maximum Gasteiger partial charge on any atom is 0.232 e. The van der Waals surface area contributed by atoms with E-state index in [-0.39, 0.29) is 12.0 Å². The zero-order chi connectivity index (χ0) is 13.8. The highest BCUT2D eigenvalue weighted by molar-refractivity contribution is 7.10. The molecule has 104 valence electrons. The summed E-state index contributed by atoms with van der Waals surface area (Å²) in [6.45, 7) is 1.37. The van der Waals surface area contributed by atoms with Gasteiger partial charge in [-0.05, 0) is 11.4 Å². The van der Waals surface area contributed by atoms with E-state index in [9.17, 15) is 4.79 Å². The van der Waals surface area contributed by atoms with Gasteiger partial charge >= 0.3 is 0 Å². The van der Waals surface area contributed by atoms with Gasteiger partial charge in [0.15, 0.2) is 0 Å². The highest BCUT2D eigenvalue weighted by Crippen LogP contribution is 2.18. The Morgan fingerprint density at radius 1 is 1.50 bits per heavy atom. The molecule has 5 nitrogen and oxygen atoms in total. The molecule has 0 aliphatic carbocycles. The van der Waals surface area contributed by atoms with E-state index >= 15 is 0 Å². The average molecular weight is 289 g/mol. The van der Waals surface area contributed by atoms with E-state index in [1.54, 1.807) is 29.9 Å². The van der Waals surface area contributed by atoms with E-state index in [0.29, 0.717) is 18.8 Å². The lowest BCUT2D eigenvalue weighted by atomic mass is 10.3. The highest BCUT2D eigenvalue weighted by atomic mass is 32.1. The second kappa shape index (κ2) is 6.00. The lowest BCUT2D eigenvalue weighted by molar-refractivity contribution is -0.129. The Kier molecular flexibility index (Phi) is 3.92. The van der Waals surface area contributed by atoms with Crippen molar-refractivity contribution >= 4 is 17.2 Å². The Bertz CT molecular complexity index is 559. The minimum Gasteiger partial charge on any atom is -0.471 e. The molecule has 0 radical (unpaired) electrons. The Labute approximate surface area is 121 Å². The van der Waals surface area contributed by atoms with Gasteiger partial charge in [0.2, 0.25) is 11.8 Å². The van der Waals surface area contributed by atoms with Gasteiger partial charge < -0.3 is 9.64 Å². The number of carbonyl (C=O) groups is 1. The minimum atomic E-state index is 0.0129. The maximum absolute atomic E-state index is 12.2. The summed E-state index contributed by atoms with van der Waals surface area (Å²) in [6.07, 6.45) is 6.14. The molecule has 1 aliphatic rings. The normalized spacial score (nSPS) is 18.2. The second-order valence-corrected chi connectivity index (χ2v) is 5.70. The van der Waals surface area contributed by atoms with Crippen LogP contribution in [0.1, 0.15) is 11.3 Å². The fourth-order valence-corrected chi connectivity index (χ4v) is 2.94. The molecule has 20 heavy (non-hydrogen) atoms. The van der Waals surface area contributed by atoms with Crippen LogP contribution < -0.4 is 4.74 Å². The quantitative estimate of drug-likeness (QED) is 0.860. The summed E-state index contributed by atoms with van der Waals surface area (Å²) in [5.41, 5.74) is 0. The number of amides is 1. The molecule has 1 fully saturated rings. The SMILES string of the molecule is O=C(Cc1cccs1)N1CC[C@@H](Oc2cnccn2)C1.